The van der Waals surface area contributed by atoms with E-state index in [4.69, 9.17) is 27.9 Å². The van der Waals surface area contributed by atoms with Crippen molar-refractivity contribution >= 4 is 40.9 Å². The molecular formula is C23H23Cl2NO3S. The first kappa shape index (κ1) is 24.1. The fraction of sp³-hybridized carbons (Fsp3) is 0.304. The molecule has 0 aliphatic rings. The van der Waals surface area contributed by atoms with Gasteiger partial charge in [0.05, 0.1) is 12.0 Å². The molecule has 0 aromatic heterocycles. The Morgan fingerprint density at radius 1 is 1.17 bits per heavy atom. The number of benzene rings is 2. The van der Waals surface area contributed by atoms with Crippen LogP contribution in [-0.4, -0.2) is 22.6 Å². The highest BCUT2D eigenvalue weighted by Gasteiger charge is 2.54. The summed E-state index contributed by atoms with van der Waals surface area (Å²) in [4.78, 5) is 12.7. The second kappa shape index (κ2) is 10.8. The van der Waals surface area contributed by atoms with Crippen molar-refractivity contribution in [3.63, 3.8) is 0 Å². The molecule has 0 spiro atoms. The van der Waals surface area contributed by atoms with E-state index in [1.165, 1.54) is 17.8 Å². The van der Waals surface area contributed by atoms with Crippen molar-refractivity contribution in [1.29, 1.82) is 5.26 Å². The third-order valence-electron chi connectivity index (χ3n) is 5.10. The van der Waals surface area contributed by atoms with Gasteiger partial charge in [0.15, 0.2) is 0 Å². The van der Waals surface area contributed by atoms with Gasteiger partial charge in [-0.15, -0.1) is 0 Å². The van der Waals surface area contributed by atoms with Crippen LogP contribution in [0.3, 0.4) is 0 Å². The van der Waals surface area contributed by atoms with Crippen LogP contribution in [0.25, 0.3) is 0 Å². The summed E-state index contributed by atoms with van der Waals surface area (Å²) in [6, 6.07) is 18.5. The topological polar surface area (TPSA) is 70.3 Å². The number of ether oxygens (including phenoxy) is 1. The van der Waals surface area contributed by atoms with Crippen LogP contribution in [0.15, 0.2) is 65.2 Å². The summed E-state index contributed by atoms with van der Waals surface area (Å²) in [6.45, 7) is 3.59. The molecule has 1 N–H and O–H groups in total. The maximum atomic E-state index is 12.7. The number of carbonyl (C=O) groups is 1. The predicted octanol–water partition coefficient (Wildman–Crippen LogP) is 6.86. The minimum absolute atomic E-state index is 0.0292. The largest absolute Gasteiger partial charge is 0.481 e. The normalized spacial score (nSPS) is 14.8. The third-order valence-corrected chi connectivity index (χ3v) is 6.39. The zero-order chi connectivity index (χ0) is 22.3. The first-order valence-electron chi connectivity index (χ1n) is 9.28. The molecule has 0 heterocycles. The van der Waals surface area contributed by atoms with Crippen molar-refractivity contribution < 1.29 is 14.6 Å². The van der Waals surface area contributed by atoms with Gasteiger partial charge in [-0.3, -0.25) is 4.79 Å². The van der Waals surface area contributed by atoms with E-state index in [9.17, 15) is 15.2 Å². The van der Waals surface area contributed by atoms with Gasteiger partial charge < -0.3 is 9.84 Å². The average molecular weight is 464 g/mol. The number of hydrogen-bond donors (Lipinski definition) is 1. The molecule has 0 fully saturated rings. The van der Waals surface area contributed by atoms with Crippen molar-refractivity contribution in [3.05, 3.63) is 70.7 Å². The summed E-state index contributed by atoms with van der Waals surface area (Å²) in [5, 5.41) is 19.9. The number of aliphatic carboxylic acids is 1. The van der Waals surface area contributed by atoms with Gasteiger partial charge in [0.2, 0.25) is 0 Å². The van der Waals surface area contributed by atoms with Crippen LogP contribution >= 0.6 is 35.0 Å². The Hall–Kier alpha value is -2.13. The molecule has 0 bridgehead atoms. The zero-order valence-electron chi connectivity index (χ0n) is 16.9. The third kappa shape index (κ3) is 5.13. The predicted molar refractivity (Wildman–Crippen MR) is 123 cm³/mol. The first-order valence-corrected chi connectivity index (χ1v) is 11.3. The Labute approximate surface area is 191 Å². The number of hydrogen-bond acceptors (Lipinski definition) is 4. The van der Waals surface area contributed by atoms with Crippen molar-refractivity contribution in [2.75, 3.05) is 6.26 Å². The van der Waals surface area contributed by atoms with Gasteiger partial charge in [-0.25, -0.2) is 0 Å². The molecule has 0 aliphatic heterocycles. The van der Waals surface area contributed by atoms with E-state index in [0.717, 1.165) is 0 Å². The molecule has 0 saturated carbocycles. The van der Waals surface area contributed by atoms with Gasteiger partial charge >= 0.3 is 5.97 Å². The second-order valence-corrected chi connectivity index (χ2v) is 9.04. The number of halogens is 2. The second-order valence-electron chi connectivity index (χ2n) is 7.06. The molecule has 0 amide bonds. The highest BCUT2D eigenvalue weighted by Crippen LogP contribution is 2.50. The molecule has 3 atom stereocenters. The standard InChI is InChI=1S/C23H23Cl2NO3S/c1-15(2)23(22(27)28,20(30-3)13-21(24)25)19(14-26)16-8-7-11-18(12-16)29-17-9-5-4-6-10-17/h4-13,15,19-20H,1-3H3,(H,27,28). The van der Waals surface area contributed by atoms with Crippen LogP contribution in [0.1, 0.15) is 25.3 Å². The molecule has 3 unspecified atom stereocenters. The van der Waals surface area contributed by atoms with E-state index in [2.05, 4.69) is 6.07 Å². The molecule has 4 nitrogen and oxygen atoms in total. The summed E-state index contributed by atoms with van der Waals surface area (Å²) in [5.74, 6) is -1.26. The number of carboxylic acid groups (broad SMARTS) is 1. The Kier molecular flexibility index (Phi) is 8.66. The molecule has 0 radical (unpaired) electrons. The van der Waals surface area contributed by atoms with Gasteiger partial charge in [0, 0.05) is 5.25 Å². The molecule has 2 aromatic rings. The molecule has 2 aromatic carbocycles. The number of thioether (sulfide) groups is 1. The summed E-state index contributed by atoms with van der Waals surface area (Å²) >= 11 is 13.1. The lowest BCUT2D eigenvalue weighted by atomic mass is 9.63. The first-order chi connectivity index (χ1) is 14.3. The van der Waals surface area contributed by atoms with Gasteiger partial charge in [-0.05, 0) is 48.1 Å². The highest BCUT2D eigenvalue weighted by molar-refractivity contribution is 7.99. The summed E-state index contributed by atoms with van der Waals surface area (Å²) in [5.41, 5.74) is -0.908. The van der Waals surface area contributed by atoms with E-state index in [1.54, 1.807) is 44.4 Å². The SMILES string of the molecule is CSC(C=C(Cl)Cl)C(C(=O)O)(C(C)C)C(C#N)c1cccc(Oc2ccccc2)c1. The minimum atomic E-state index is -1.46. The summed E-state index contributed by atoms with van der Waals surface area (Å²) < 4.78 is 5.85. The monoisotopic (exact) mass is 463 g/mol. The van der Waals surface area contributed by atoms with Gasteiger partial charge in [0.1, 0.15) is 21.4 Å². The lowest BCUT2D eigenvalue weighted by Crippen LogP contribution is -2.49. The van der Waals surface area contributed by atoms with Crippen molar-refractivity contribution in [2.45, 2.75) is 25.0 Å². The average Bonchev–Trinajstić information content (AvgIpc) is 2.70. The number of carboxylic acids is 1. The lowest BCUT2D eigenvalue weighted by molar-refractivity contribution is -0.152. The van der Waals surface area contributed by atoms with Crippen molar-refractivity contribution in [2.24, 2.45) is 11.3 Å². The smallest absolute Gasteiger partial charge is 0.313 e. The maximum Gasteiger partial charge on any atom is 0.313 e. The Morgan fingerprint density at radius 2 is 1.80 bits per heavy atom. The zero-order valence-corrected chi connectivity index (χ0v) is 19.2. The van der Waals surface area contributed by atoms with Crippen LogP contribution in [0.5, 0.6) is 11.5 Å². The van der Waals surface area contributed by atoms with E-state index in [-0.39, 0.29) is 10.4 Å². The Bertz CT molecular complexity index is 939. The molecule has 2 rings (SSSR count). The fourth-order valence-electron chi connectivity index (χ4n) is 3.67. The minimum Gasteiger partial charge on any atom is -0.481 e. The quantitative estimate of drug-likeness (QED) is 0.439. The van der Waals surface area contributed by atoms with Crippen molar-refractivity contribution in [3.8, 4) is 17.6 Å². The van der Waals surface area contributed by atoms with E-state index in [1.807, 2.05) is 30.3 Å². The number of nitriles is 1. The Morgan fingerprint density at radius 3 is 2.30 bits per heavy atom. The van der Waals surface area contributed by atoms with Crippen LogP contribution in [0.4, 0.5) is 0 Å². The van der Waals surface area contributed by atoms with E-state index in [0.29, 0.717) is 17.1 Å². The fourth-order valence-corrected chi connectivity index (χ4v) is 5.25. The number of rotatable bonds is 9. The van der Waals surface area contributed by atoms with Crippen LogP contribution < -0.4 is 4.74 Å². The van der Waals surface area contributed by atoms with E-state index < -0.39 is 22.6 Å². The highest BCUT2D eigenvalue weighted by atomic mass is 35.5. The summed E-state index contributed by atoms with van der Waals surface area (Å²) in [6.07, 6.45) is 3.28. The van der Waals surface area contributed by atoms with Gasteiger partial charge in [-0.1, -0.05) is 67.4 Å². The lowest BCUT2D eigenvalue weighted by Gasteiger charge is -2.41. The Balaban J connectivity index is 2.60. The molecule has 0 aliphatic carbocycles. The molecule has 7 heteroatoms. The van der Waals surface area contributed by atoms with E-state index >= 15 is 0 Å². The maximum absolute atomic E-state index is 12.7. The van der Waals surface area contributed by atoms with Crippen LogP contribution in [0, 0.1) is 22.7 Å². The van der Waals surface area contributed by atoms with Gasteiger partial charge in [-0.2, -0.15) is 17.0 Å². The molecule has 158 valence electrons. The molecule has 0 saturated heterocycles. The van der Waals surface area contributed by atoms with Gasteiger partial charge in [0.25, 0.3) is 0 Å². The van der Waals surface area contributed by atoms with Crippen molar-refractivity contribution in [1.82, 2.24) is 0 Å². The number of para-hydroxylation sites is 1. The molecule has 30 heavy (non-hydrogen) atoms. The number of nitrogens with zero attached hydrogens (tertiary/aromatic N) is 1. The van der Waals surface area contributed by atoms with Crippen LogP contribution in [0.2, 0.25) is 0 Å². The summed E-state index contributed by atoms with van der Waals surface area (Å²) in [7, 11) is 0. The van der Waals surface area contributed by atoms with Crippen LogP contribution in [-0.2, 0) is 4.79 Å². The molecular weight excluding hydrogens is 441 g/mol.